The molecule has 15 heavy (non-hydrogen) atoms. The lowest BCUT2D eigenvalue weighted by Crippen LogP contribution is -2.26. The summed E-state index contributed by atoms with van der Waals surface area (Å²) in [5.74, 6) is 0. The maximum atomic E-state index is 8.97. The van der Waals surface area contributed by atoms with Crippen molar-refractivity contribution in [2.75, 3.05) is 0 Å². The van der Waals surface area contributed by atoms with E-state index in [0.717, 1.165) is 10.4 Å². The SMILES string of the molecule is OB(O)c1ccc(-c2ccc(Cl)cc2)s1. The third-order valence-electron chi connectivity index (χ3n) is 2.01. The van der Waals surface area contributed by atoms with Gasteiger partial charge < -0.3 is 10.0 Å². The number of halogens is 1. The van der Waals surface area contributed by atoms with Crippen LogP contribution < -0.4 is 4.78 Å². The van der Waals surface area contributed by atoms with Gasteiger partial charge in [0.2, 0.25) is 0 Å². The van der Waals surface area contributed by atoms with Crippen LogP contribution in [0, 0.1) is 0 Å². The number of hydrogen-bond acceptors (Lipinski definition) is 3. The van der Waals surface area contributed by atoms with Gasteiger partial charge in [0.15, 0.2) is 0 Å². The zero-order valence-corrected chi connectivity index (χ0v) is 9.29. The molecule has 0 unspecified atom stereocenters. The van der Waals surface area contributed by atoms with Crippen LogP contribution in [0.15, 0.2) is 36.4 Å². The van der Waals surface area contributed by atoms with E-state index in [-0.39, 0.29) is 0 Å². The summed E-state index contributed by atoms with van der Waals surface area (Å²) in [4.78, 5) is 0.995. The minimum absolute atomic E-state index is 0.542. The Morgan fingerprint density at radius 3 is 2.20 bits per heavy atom. The Bertz CT molecular complexity index is 453. The van der Waals surface area contributed by atoms with Crippen molar-refractivity contribution >= 4 is 34.8 Å². The smallest absolute Gasteiger partial charge is 0.423 e. The fourth-order valence-corrected chi connectivity index (χ4v) is 2.27. The second-order valence-corrected chi connectivity index (χ2v) is 4.63. The Labute approximate surface area is 96.9 Å². The first kappa shape index (κ1) is 10.7. The van der Waals surface area contributed by atoms with E-state index in [2.05, 4.69) is 0 Å². The highest BCUT2D eigenvalue weighted by Gasteiger charge is 2.14. The molecule has 0 aliphatic rings. The van der Waals surface area contributed by atoms with Crippen molar-refractivity contribution in [3.63, 3.8) is 0 Å². The molecule has 0 aliphatic heterocycles. The molecular weight excluding hydrogens is 230 g/mol. The van der Waals surface area contributed by atoms with E-state index in [9.17, 15) is 0 Å². The lowest BCUT2D eigenvalue weighted by molar-refractivity contribution is 0.427. The summed E-state index contributed by atoms with van der Waals surface area (Å²) in [6.45, 7) is 0. The van der Waals surface area contributed by atoms with E-state index < -0.39 is 7.12 Å². The van der Waals surface area contributed by atoms with Crippen LogP contribution in [0.2, 0.25) is 5.02 Å². The summed E-state index contributed by atoms with van der Waals surface area (Å²) in [5, 5.41) is 18.6. The molecule has 0 saturated heterocycles. The molecule has 1 aromatic heterocycles. The number of thiophene rings is 1. The Morgan fingerprint density at radius 1 is 1.00 bits per heavy atom. The molecule has 1 aromatic carbocycles. The minimum atomic E-state index is -1.39. The van der Waals surface area contributed by atoms with Gasteiger partial charge in [0.25, 0.3) is 0 Å². The summed E-state index contributed by atoms with van der Waals surface area (Å²) in [6, 6.07) is 11.0. The zero-order chi connectivity index (χ0) is 10.8. The fourth-order valence-electron chi connectivity index (χ4n) is 1.26. The van der Waals surface area contributed by atoms with E-state index in [1.165, 1.54) is 11.3 Å². The van der Waals surface area contributed by atoms with E-state index in [4.69, 9.17) is 21.6 Å². The van der Waals surface area contributed by atoms with Crippen LogP contribution >= 0.6 is 22.9 Å². The molecule has 0 radical (unpaired) electrons. The van der Waals surface area contributed by atoms with Gasteiger partial charge in [-0.2, -0.15) is 0 Å². The zero-order valence-electron chi connectivity index (χ0n) is 7.72. The van der Waals surface area contributed by atoms with Crippen LogP contribution in [0.4, 0.5) is 0 Å². The minimum Gasteiger partial charge on any atom is -0.423 e. The van der Waals surface area contributed by atoms with Gasteiger partial charge in [0, 0.05) is 14.7 Å². The summed E-state index contributed by atoms with van der Waals surface area (Å²) >= 11 is 7.14. The van der Waals surface area contributed by atoms with Crippen molar-refractivity contribution in [3.05, 3.63) is 41.4 Å². The van der Waals surface area contributed by atoms with Crippen molar-refractivity contribution in [1.82, 2.24) is 0 Å². The molecule has 0 amide bonds. The van der Waals surface area contributed by atoms with Crippen molar-refractivity contribution in [2.24, 2.45) is 0 Å². The van der Waals surface area contributed by atoms with Crippen molar-refractivity contribution in [1.29, 1.82) is 0 Å². The molecule has 2 nitrogen and oxygen atoms in total. The van der Waals surface area contributed by atoms with Crippen LogP contribution in [0.5, 0.6) is 0 Å². The van der Waals surface area contributed by atoms with Gasteiger partial charge in [-0.05, 0) is 23.8 Å². The number of benzene rings is 1. The Hall–Kier alpha value is -0.805. The molecule has 5 heteroatoms. The highest BCUT2D eigenvalue weighted by Crippen LogP contribution is 2.24. The molecule has 0 spiro atoms. The van der Waals surface area contributed by atoms with E-state index in [1.807, 2.05) is 30.3 Å². The third kappa shape index (κ3) is 2.41. The van der Waals surface area contributed by atoms with Gasteiger partial charge in [0.1, 0.15) is 0 Å². The van der Waals surface area contributed by atoms with Crippen LogP contribution in [-0.4, -0.2) is 17.2 Å². The summed E-state index contributed by atoms with van der Waals surface area (Å²) in [6.07, 6.45) is 0. The summed E-state index contributed by atoms with van der Waals surface area (Å²) < 4.78 is 0.542. The first-order valence-electron chi connectivity index (χ1n) is 4.38. The molecule has 2 rings (SSSR count). The Balaban J connectivity index is 2.33. The highest BCUT2D eigenvalue weighted by molar-refractivity contribution is 7.24. The monoisotopic (exact) mass is 238 g/mol. The largest absolute Gasteiger partial charge is 0.499 e. The van der Waals surface area contributed by atoms with Crippen LogP contribution in [0.1, 0.15) is 0 Å². The van der Waals surface area contributed by atoms with Crippen molar-refractivity contribution in [2.45, 2.75) is 0 Å². The molecule has 0 atom stereocenters. The second kappa shape index (κ2) is 4.37. The van der Waals surface area contributed by atoms with Crippen LogP contribution in [0.3, 0.4) is 0 Å². The normalized spacial score (nSPS) is 10.3. The number of rotatable bonds is 2. The molecule has 2 N–H and O–H groups in total. The van der Waals surface area contributed by atoms with Gasteiger partial charge in [-0.1, -0.05) is 29.8 Å². The van der Waals surface area contributed by atoms with Gasteiger partial charge in [0.05, 0.1) is 0 Å². The molecule has 0 aliphatic carbocycles. The van der Waals surface area contributed by atoms with E-state index in [0.29, 0.717) is 9.80 Å². The van der Waals surface area contributed by atoms with Gasteiger partial charge in [-0.3, -0.25) is 0 Å². The molecule has 0 fully saturated rings. The molecule has 1 heterocycles. The first-order chi connectivity index (χ1) is 7.16. The predicted molar refractivity (Wildman–Crippen MR) is 64.6 cm³/mol. The average Bonchev–Trinajstić information content (AvgIpc) is 2.68. The van der Waals surface area contributed by atoms with Crippen molar-refractivity contribution in [3.8, 4) is 10.4 Å². The first-order valence-corrected chi connectivity index (χ1v) is 5.58. The van der Waals surface area contributed by atoms with E-state index in [1.54, 1.807) is 6.07 Å². The molecule has 2 aromatic rings. The molecule has 0 saturated carbocycles. The lowest BCUT2D eigenvalue weighted by atomic mass is 9.90. The molecular formula is C10H8BClO2S. The highest BCUT2D eigenvalue weighted by atomic mass is 35.5. The standard InChI is InChI=1S/C10H8BClO2S/c12-8-3-1-7(2-4-8)9-5-6-10(15-9)11(13)14/h1-6,13-14H. The Morgan fingerprint density at radius 2 is 1.67 bits per heavy atom. The summed E-state index contributed by atoms with van der Waals surface area (Å²) in [5.41, 5.74) is 1.02. The van der Waals surface area contributed by atoms with Crippen LogP contribution in [0.25, 0.3) is 10.4 Å². The van der Waals surface area contributed by atoms with Crippen molar-refractivity contribution < 1.29 is 10.0 Å². The molecule has 0 bridgehead atoms. The average molecular weight is 239 g/mol. The van der Waals surface area contributed by atoms with Crippen LogP contribution in [-0.2, 0) is 0 Å². The predicted octanol–water partition coefficient (Wildman–Crippen LogP) is 1.75. The third-order valence-corrected chi connectivity index (χ3v) is 3.44. The summed E-state index contributed by atoms with van der Waals surface area (Å²) in [7, 11) is -1.39. The topological polar surface area (TPSA) is 40.5 Å². The Kier molecular flexibility index (Phi) is 3.12. The second-order valence-electron chi connectivity index (χ2n) is 3.08. The number of hydrogen-bond donors (Lipinski definition) is 2. The lowest BCUT2D eigenvalue weighted by Gasteiger charge is -1.96. The maximum Gasteiger partial charge on any atom is 0.499 e. The van der Waals surface area contributed by atoms with Gasteiger partial charge >= 0.3 is 7.12 Å². The van der Waals surface area contributed by atoms with Gasteiger partial charge in [-0.15, -0.1) is 11.3 Å². The molecule has 76 valence electrons. The van der Waals surface area contributed by atoms with E-state index >= 15 is 0 Å². The van der Waals surface area contributed by atoms with Gasteiger partial charge in [-0.25, -0.2) is 0 Å². The fraction of sp³-hybridized carbons (Fsp3) is 0. The quantitative estimate of drug-likeness (QED) is 0.783. The maximum absolute atomic E-state index is 8.97.